The van der Waals surface area contributed by atoms with Gasteiger partial charge in [-0.25, -0.2) is 0 Å². The Hall–Kier alpha value is -11.3. The molecule has 0 aliphatic carbocycles. The highest BCUT2D eigenvalue weighted by atomic mass is 15.0. The molecule has 0 aliphatic rings. The zero-order chi connectivity index (χ0) is 82.6. The third-order valence-corrected chi connectivity index (χ3v) is 26.0. The lowest BCUT2D eigenvalue weighted by molar-refractivity contribution is 0.590. The maximum Gasteiger partial charge on any atom is 0.0542 e. The van der Waals surface area contributed by atoms with E-state index >= 15 is 0 Å². The molecule has 0 fully saturated rings. The number of hydrogen-bond donors (Lipinski definition) is 0. The molecule has 0 bridgehead atoms. The largest absolute Gasteiger partial charge is 0.309 e. The van der Waals surface area contributed by atoms with Crippen LogP contribution < -0.4 is 0 Å². The van der Waals surface area contributed by atoms with Crippen molar-refractivity contribution in [1.82, 2.24) is 27.4 Å². The Labute approximate surface area is 691 Å². The van der Waals surface area contributed by atoms with Crippen molar-refractivity contribution in [3.63, 3.8) is 0 Å². The molecular weight excluding hydrogens is 1420 g/mol. The monoisotopic (exact) mass is 1530 g/mol. The van der Waals surface area contributed by atoms with Crippen LogP contribution in [0.25, 0.3) is 165 Å². The van der Waals surface area contributed by atoms with Crippen molar-refractivity contribution in [3.05, 3.63) is 287 Å². The van der Waals surface area contributed by atoms with Crippen LogP contribution in [-0.2, 0) is 43.3 Å². The van der Waals surface area contributed by atoms with E-state index in [4.69, 9.17) is 0 Å². The number of aromatic nitrogens is 6. The molecular formula is C111H114N6. The van der Waals surface area contributed by atoms with Crippen molar-refractivity contribution in [2.75, 3.05) is 0 Å². The summed E-state index contributed by atoms with van der Waals surface area (Å²) in [4.78, 5) is 0. The van der Waals surface area contributed by atoms with Crippen molar-refractivity contribution in [3.8, 4) is 34.1 Å². The Morgan fingerprint density at radius 2 is 0.265 bits per heavy atom. The molecule has 0 saturated heterocycles. The second-order valence-electron chi connectivity index (χ2n) is 42.7. The summed E-state index contributed by atoms with van der Waals surface area (Å²) in [6, 6.07) is 94.1. The highest BCUT2D eigenvalue weighted by Crippen LogP contribution is 2.48. The van der Waals surface area contributed by atoms with Gasteiger partial charge in [0.15, 0.2) is 0 Å². The molecule has 0 radical (unpaired) electrons. The molecule has 0 N–H and O–H groups in total. The van der Waals surface area contributed by atoms with Gasteiger partial charge in [-0.05, 0) is 288 Å². The fraction of sp³-hybridized carbons (Fsp3) is 0.297. The summed E-state index contributed by atoms with van der Waals surface area (Å²) in [7, 11) is 0. The topological polar surface area (TPSA) is 29.6 Å². The summed E-state index contributed by atoms with van der Waals surface area (Å²) < 4.78 is 15.3. The van der Waals surface area contributed by atoms with Crippen molar-refractivity contribution in [1.29, 1.82) is 0 Å². The maximum absolute atomic E-state index is 2.56. The van der Waals surface area contributed by atoms with Crippen molar-refractivity contribution >= 4 is 131 Å². The zero-order valence-electron chi connectivity index (χ0n) is 73.7. The van der Waals surface area contributed by atoms with E-state index < -0.39 is 0 Å². The lowest BCUT2D eigenvalue weighted by Crippen LogP contribution is -2.10. The number of nitrogens with zero attached hydrogens (tertiary/aromatic N) is 6. The average molecular weight is 1530 g/mol. The predicted octanol–water partition coefficient (Wildman–Crippen LogP) is 31.0. The summed E-state index contributed by atoms with van der Waals surface area (Å²) in [5.74, 6) is 0. The number of rotatable bonds is 6. The lowest BCUT2D eigenvalue weighted by atomic mass is 9.85. The average Bonchev–Trinajstić information content (AvgIpc) is 1.55. The van der Waals surface area contributed by atoms with Crippen LogP contribution in [0.5, 0.6) is 0 Å². The second-order valence-corrected chi connectivity index (χ2v) is 42.7. The first kappa shape index (κ1) is 75.7. The Morgan fingerprint density at radius 3 is 0.410 bits per heavy atom. The molecule has 0 aliphatic heterocycles. The number of aryl methyl sites for hydroxylation is 1. The van der Waals surface area contributed by atoms with E-state index in [9.17, 15) is 0 Å². The van der Waals surface area contributed by atoms with Gasteiger partial charge in [0.05, 0.1) is 66.2 Å². The Balaban J connectivity index is 0.873. The van der Waals surface area contributed by atoms with Crippen LogP contribution in [0.1, 0.15) is 216 Å². The van der Waals surface area contributed by atoms with Crippen molar-refractivity contribution in [2.24, 2.45) is 0 Å². The molecule has 0 atom stereocenters. The lowest BCUT2D eigenvalue weighted by Gasteiger charge is -2.19. The van der Waals surface area contributed by atoms with Gasteiger partial charge in [0.1, 0.15) is 0 Å². The quantitative estimate of drug-likeness (QED) is 0.159. The first-order valence-corrected chi connectivity index (χ1v) is 42.6. The van der Waals surface area contributed by atoms with E-state index in [1.54, 1.807) is 0 Å². The van der Waals surface area contributed by atoms with E-state index in [0.717, 1.165) is 56.2 Å². The van der Waals surface area contributed by atoms with Crippen LogP contribution in [0.2, 0.25) is 0 Å². The van der Waals surface area contributed by atoms with Crippen LogP contribution in [0.15, 0.2) is 237 Å². The van der Waals surface area contributed by atoms with Gasteiger partial charge in [-0.15, -0.1) is 0 Å². The van der Waals surface area contributed by atoms with Gasteiger partial charge >= 0.3 is 0 Å². The van der Waals surface area contributed by atoms with Crippen molar-refractivity contribution < 1.29 is 0 Å². The summed E-state index contributed by atoms with van der Waals surface area (Å²) in [6.07, 6.45) is 0. The number of fused-ring (bicyclic) bond motifs is 18. The molecule has 19 aromatic rings. The molecule has 19 rings (SSSR count). The van der Waals surface area contributed by atoms with Gasteiger partial charge in [-0.3, -0.25) is 0 Å². The summed E-state index contributed by atoms with van der Waals surface area (Å²) >= 11 is 0. The third kappa shape index (κ3) is 12.2. The van der Waals surface area contributed by atoms with Gasteiger partial charge in [0, 0.05) is 98.8 Å². The molecule has 6 aromatic heterocycles. The third-order valence-electron chi connectivity index (χ3n) is 26.0. The van der Waals surface area contributed by atoms with Gasteiger partial charge in [0.2, 0.25) is 0 Å². The van der Waals surface area contributed by atoms with Crippen molar-refractivity contribution in [2.45, 2.75) is 216 Å². The van der Waals surface area contributed by atoms with E-state index in [0.29, 0.717) is 0 Å². The fourth-order valence-corrected chi connectivity index (χ4v) is 19.1. The normalized spacial score (nSPS) is 13.5. The standard InChI is InChI=1S/C111H114N6/c1-65-50-78(116-100-46-34-74(112-92-38-26-66(104(2,3)4)52-80(92)81-53-67(105(5,6)7)27-39-93(81)112)61-88(100)89-62-75(35-47-101(89)116)113-94-40-28-68(106(8,9)10)54-82(94)83-55-69(107(11,12)13)29-41-95(83)113)60-79(51-65)117-102-48-36-76(114-96-42-30-70(108(14,15)16)56-84(96)85-57-71(109(17,18)19)31-43-97(85)114)63-90(102)91-64-77(37-49-103(91)117)115-98-44-32-72(110(20,21)22)58-86(98)87-59-73(111(23,24)25)33-45-99(87)115/h26-64H,1-25H3. The smallest absolute Gasteiger partial charge is 0.0542 e. The Morgan fingerprint density at radius 1 is 0.137 bits per heavy atom. The van der Waals surface area contributed by atoms with Gasteiger partial charge < -0.3 is 27.4 Å². The molecule has 0 unspecified atom stereocenters. The fourth-order valence-electron chi connectivity index (χ4n) is 19.1. The molecule has 0 spiro atoms. The first-order valence-electron chi connectivity index (χ1n) is 42.6. The minimum atomic E-state index is -0.0290. The predicted molar refractivity (Wildman–Crippen MR) is 507 cm³/mol. The van der Waals surface area contributed by atoms with E-state index in [1.165, 1.54) is 159 Å². The minimum Gasteiger partial charge on any atom is -0.309 e. The minimum absolute atomic E-state index is 0.0290. The van der Waals surface area contributed by atoms with E-state index in [2.05, 4.69) is 437 Å². The Kier molecular flexibility index (Phi) is 16.4. The van der Waals surface area contributed by atoms with Gasteiger partial charge in [-0.2, -0.15) is 0 Å². The highest BCUT2D eigenvalue weighted by Gasteiger charge is 2.30. The molecule has 0 saturated carbocycles. The molecule has 6 heterocycles. The second kappa shape index (κ2) is 25.3. The van der Waals surface area contributed by atoms with E-state index in [1.807, 2.05) is 0 Å². The van der Waals surface area contributed by atoms with Crippen LogP contribution >= 0.6 is 0 Å². The highest BCUT2D eigenvalue weighted by molar-refractivity contribution is 6.17. The summed E-state index contributed by atoms with van der Waals surface area (Å²) in [5, 5.41) is 15.0. The zero-order valence-corrected chi connectivity index (χ0v) is 73.7. The molecule has 117 heavy (non-hydrogen) atoms. The summed E-state index contributed by atoms with van der Waals surface area (Å²) in [6.45, 7) is 58.2. The number of benzene rings is 13. The molecule has 588 valence electrons. The SMILES string of the molecule is Cc1cc(-n2c3ccc(-n4c5ccc(C(C)(C)C)cc5c5cc(C(C)(C)C)ccc54)cc3c3cc(-n4c5ccc(C(C)(C)C)cc5c5cc(C(C)(C)C)ccc54)ccc32)cc(-n2c3ccc(-n4c5ccc(C(C)(C)C)cc5c5cc(C(C)(C)C)ccc54)cc3c3cc(-n4c5ccc(C(C)(C)C)cc5c5cc(C(C)(C)C)ccc54)ccc32)c1. The summed E-state index contributed by atoms with van der Waals surface area (Å²) in [5.41, 5.74) is 32.5. The maximum atomic E-state index is 2.56. The van der Waals surface area contributed by atoms with Crippen LogP contribution in [-0.4, -0.2) is 27.4 Å². The first-order chi connectivity index (χ1) is 54.9. The molecule has 6 nitrogen and oxygen atoms in total. The number of hydrogen-bond acceptors (Lipinski definition) is 0. The van der Waals surface area contributed by atoms with Gasteiger partial charge in [0.25, 0.3) is 0 Å². The van der Waals surface area contributed by atoms with Crippen LogP contribution in [0, 0.1) is 6.92 Å². The van der Waals surface area contributed by atoms with Crippen LogP contribution in [0.4, 0.5) is 0 Å². The van der Waals surface area contributed by atoms with E-state index in [-0.39, 0.29) is 43.3 Å². The molecule has 0 amide bonds. The Bertz CT molecular complexity index is 6300. The molecule has 13 aromatic carbocycles. The van der Waals surface area contributed by atoms with Gasteiger partial charge in [-0.1, -0.05) is 215 Å². The van der Waals surface area contributed by atoms with Crippen LogP contribution in [0.3, 0.4) is 0 Å². The molecule has 6 heteroatoms.